The molecule has 0 aromatic carbocycles. The molecule has 1 heterocycles. The summed E-state index contributed by atoms with van der Waals surface area (Å²) in [4.78, 5) is 13.3. The second kappa shape index (κ2) is 5.95. The van der Waals surface area contributed by atoms with E-state index in [1.807, 2.05) is 0 Å². The Morgan fingerprint density at radius 3 is 3.14 bits per heavy atom. The third-order valence-electron chi connectivity index (χ3n) is 2.24. The van der Waals surface area contributed by atoms with Gasteiger partial charge in [0.05, 0.1) is 12.7 Å². The van der Waals surface area contributed by atoms with Gasteiger partial charge in [0.15, 0.2) is 0 Å². The molecule has 0 radical (unpaired) electrons. The molecule has 14 heavy (non-hydrogen) atoms. The minimum atomic E-state index is 0.00401. The second-order valence-corrected chi connectivity index (χ2v) is 3.60. The van der Waals surface area contributed by atoms with Crippen LogP contribution in [0.25, 0.3) is 0 Å². The van der Waals surface area contributed by atoms with Gasteiger partial charge in [0.1, 0.15) is 0 Å². The number of likely N-dealkylation sites (N-methyl/N-ethyl adjacent to an activating group) is 1. The summed E-state index contributed by atoms with van der Waals surface area (Å²) >= 11 is 0. The summed E-state index contributed by atoms with van der Waals surface area (Å²) in [7, 11) is 2.05. The van der Waals surface area contributed by atoms with E-state index in [2.05, 4.69) is 17.3 Å². The molecule has 1 aliphatic heterocycles. The zero-order valence-electron chi connectivity index (χ0n) is 8.66. The highest BCUT2D eigenvalue weighted by atomic mass is 16.5. The number of amides is 1. The van der Waals surface area contributed by atoms with Gasteiger partial charge in [0.25, 0.3) is 0 Å². The van der Waals surface area contributed by atoms with E-state index in [1.54, 1.807) is 0 Å². The highest BCUT2D eigenvalue weighted by molar-refractivity contribution is 5.76. The first-order valence-electron chi connectivity index (χ1n) is 4.99. The van der Waals surface area contributed by atoms with Gasteiger partial charge < -0.3 is 20.7 Å². The van der Waals surface area contributed by atoms with Crippen LogP contribution in [0.5, 0.6) is 0 Å². The highest BCUT2D eigenvalue weighted by Gasteiger charge is 2.17. The molecular weight excluding hydrogens is 182 g/mol. The SMILES string of the molecule is CN1CCOC(CNC(=O)CCN)C1. The minimum absolute atomic E-state index is 0.00401. The molecule has 1 saturated heterocycles. The molecule has 5 nitrogen and oxygen atoms in total. The Labute approximate surface area is 84.6 Å². The number of nitrogens with one attached hydrogen (secondary N) is 1. The molecule has 0 aliphatic carbocycles. The second-order valence-electron chi connectivity index (χ2n) is 3.60. The van der Waals surface area contributed by atoms with Gasteiger partial charge in [0.2, 0.25) is 5.91 Å². The van der Waals surface area contributed by atoms with Crippen molar-refractivity contribution in [1.82, 2.24) is 10.2 Å². The topological polar surface area (TPSA) is 67.6 Å². The summed E-state index contributed by atoms with van der Waals surface area (Å²) in [6.07, 6.45) is 0.512. The molecule has 0 saturated carbocycles. The lowest BCUT2D eigenvalue weighted by Crippen LogP contribution is -2.46. The standard InChI is InChI=1S/C9H19N3O2/c1-12-4-5-14-8(7-12)6-11-9(13)2-3-10/h8H,2-7,10H2,1H3,(H,11,13). The third-order valence-corrected chi connectivity index (χ3v) is 2.24. The van der Waals surface area contributed by atoms with Gasteiger partial charge in [-0.3, -0.25) is 4.79 Å². The van der Waals surface area contributed by atoms with Gasteiger partial charge in [-0.25, -0.2) is 0 Å². The summed E-state index contributed by atoms with van der Waals surface area (Å²) < 4.78 is 5.49. The van der Waals surface area contributed by atoms with Crippen LogP contribution < -0.4 is 11.1 Å². The molecule has 0 spiro atoms. The van der Waals surface area contributed by atoms with E-state index >= 15 is 0 Å². The van der Waals surface area contributed by atoms with Crippen LogP contribution in [0.3, 0.4) is 0 Å². The van der Waals surface area contributed by atoms with Crippen molar-refractivity contribution in [2.75, 3.05) is 39.8 Å². The van der Waals surface area contributed by atoms with Crippen molar-refractivity contribution in [3.8, 4) is 0 Å². The first-order chi connectivity index (χ1) is 6.72. The molecule has 82 valence electrons. The first-order valence-corrected chi connectivity index (χ1v) is 4.99. The van der Waals surface area contributed by atoms with Crippen molar-refractivity contribution in [1.29, 1.82) is 0 Å². The van der Waals surface area contributed by atoms with Crippen LogP contribution in [0.1, 0.15) is 6.42 Å². The number of morpholine rings is 1. The normalized spacial score (nSPS) is 23.4. The number of nitrogens with two attached hydrogens (primary N) is 1. The minimum Gasteiger partial charge on any atom is -0.374 e. The lowest BCUT2D eigenvalue weighted by molar-refractivity contribution is -0.122. The van der Waals surface area contributed by atoms with Crippen LogP contribution in [0.15, 0.2) is 0 Å². The van der Waals surface area contributed by atoms with Crippen molar-refractivity contribution in [3.63, 3.8) is 0 Å². The van der Waals surface area contributed by atoms with Gasteiger partial charge in [-0.05, 0) is 7.05 Å². The molecule has 1 rings (SSSR count). The molecule has 0 aromatic rings. The van der Waals surface area contributed by atoms with Crippen LogP contribution >= 0.6 is 0 Å². The molecule has 5 heteroatoms. The number of nitrogens with zero attached hydrogens (tertiary/aromatic N) is 1. The van der Waals surface area contributed by atoms with Gasteiger partial charge in [-0.2, -0.15) is 0 Å². The Hall–Kier alpha value is -0.650. The molecule has 0 aromatic heterocycles. The van der Waals surface area contributed by atoms with E-state index in [4.69, 9.17) is 10.5 Å². The molecule has 1 amide bonds. The largest absolute Gasteiger partial charge is 0.374 e. The van der Waals surface area contributed by atoms with E-state index in [1.165, 1.54) is 0 Å². The monoisotopic (exact) mass is 201 g/mol. The number of rotatable bonds is 4. The maximum atomic E-state index is 11.1. The maximum Gasteiger partial charge on any atom is 0.221 e. The zero-order valence-corrected chi connectivity index (χ0v) is 8.66. The molecule has 0 bridgehead atoms. The number of hydrogen-bond donors (Lipinski definition) is 2. The van der Waals surface area contributed by atoms with E-state index in [0.29, 0.717) is 19.5 Å². The van der Waals surface area contributed by atoms with Crippen LogP contribution in [0.2, 0.25) is 0 Å². The van der Waals surface area contributed by atoms with Crippen LogP contribution in [-0.2, 0) is 9.53 Å². The maximum absolute atomic E-state index is 11.1. The fourth-order valence-electron chi connectivity index (χ4n) is 1.44. The smallest absolute Gasteiger partial charge is 0.221 e. The Bertz CT molecular complexity index is 187. The number of carbonyl (C=O) groups is 1. The molecule has 1 atom stereocenters. The fourth-order valence-corrected chi connectivity index (χ4v) is 1.44. The first kappa shape index (κ1) is 11.4. The Kier molecular flexibility index (Phi) is 4.86. The zero-order chi connectivity index (χ0) is 10.4. The quantitative estimate of drug-likeness (QED) is 0.598. The summed E-state index contributed by atoms with van der Waals surface area (Å²) in [5.74, 6) is 0.00401. The lowest BCUT2D eigenvalue weighted by Gasteiger charge is -2.30. The molecular formula is C9H19N3O2. The molecule has 3 N–H and O–H groups in total. The summed E-state index contributed by atoms with van der Waals surface area (Å²) in [5.41, 5.74) is 5.26. The van der Waals surface area contributed by atoms with Crippen molar-refractivity contribution < 1.29 is 9.53 Å². The van der Waals surface area contributed by atoms with Gasteiger partial charge in [-0.15, -0.1) is 0 Å². The van der Waals surface area contributed by atoms with Crippen molar-refractivity contribution in [2.24, 2.45) is 5.73 Å². The number of carbonyl (C=O) groups excluding carboxylic acids is 1. The highest BCUT2D eigenvalue weighted by Crippen LogP contribution is 2.01. The van der Waals surface area contributed by atoms with E-state index in [0.717, 1.165) is 19.7 Å². The van der Waals surface area contributed by atoms with Gasteiger partial charge >= 0.3 is 0 Å². The van der Waals surface area contributed by atoms with Crippen LogP contribution in [0, 0.1) is 0 Å². The Morgan fingerprint density at radius 1 is 1.71 bits per heavy atom. The van der Waals surface area contributed by atoms with Crippen LogP contribution in [-0.4, -0.2) is 56.7 Å². The van der Waals surface area contributed by atoms with Crippen molar-refractivity contribution in [3.05, 3.63) is 0 Å². The molecule has 1 unspecified atom stereocenters. The van der Waals surface area contributed by atoms with Crippen molar-refractivity contribution in [2.45, 2.75) is 12.5 Å². The third kappa shape index (κ3) is 4.04. The predicted molar refractivity (Wildman–Crippen MR) is 53.9 cm³/mol. The average Bonchev–Trinajstić information content (AvgIpc) is 2.15. The molecule has 1 aliphatic rings. The Morgan fingerprint density at radius 2 is 2.50 bits per heavy atom. The van der Waals surface area contributed by atoms with Gasteiger partial charge in [-0.1, -0.05) is 0 Å². The summed E-state index contributed by atoms with van der Waals surface area (Å²) in [6.45, 7) is 3.57. The van der Waals surface area contributed by atoms with E-state index in [9.17, 15) is 4.79 Å². The van der Waals surface area contributed by atoms with E-state index < -0.39 is 0 Å². The van der Waals surface area contributed by atoms with E-state index in [-0.39, 0.29) is 12.0 Å². The predicted octanol–water partition coefficient (Wildman–Crippen LogP) is -1.22. The van der Waals surface area contributed by atoms with Crippen molar-refractivity contribution >= 4 is 5.91 Å². The van der Waals surface area contributed by atoms with Gasteiger partial charge in [0, 0.05) is 32.6 Å². The molecule has 1 fully saturated rings. The lowest BCUT2D eigenvalue weighted by atomic mass is 10.2. The summed E-state index contributed by atoms with van der Waals surface area (Å²) in [6, 6.07) is 0. The van der Waals surface area contributed by atoms with Crippen LogP contribution in [0.4, 0.5) is 0 Å². The number of ether oxygens (including phenoxy) is 1. The average molecular weight is 201 g/mol. The fraction of sp³-hybridized carbons (Fsp3) is 0.889. The summed E-state index contributed by atoms with van der Waals surface area (Å²) in [5, 5.41) is 2.80. The number of hydrogen-bond acceptors (Lipinski definition) is 4. The Balaban J connectivity index is 2.14.